The summed E-state index contributed by atoms with van der Waals surface area (Å²) in [6.07, 6.45) is 9.40. The van der Waals surface area contributed by atoms with Crippen molar-refractivity contribution < 1.29 is 0 Å². The van der Waals surface area contributed by atoms with E-state index in [2.05, 4.69) is 39.8 Å². The quantitative estimate of drug-likeness (QED) is 0.816. The van der Waals surface area contributed by atoms with Gasteiger partial charge in [0, 0.05) is 32.7 Å². The summed E-state index contributed by atoms with van der Waals surface area (Å²) in [5.41, 5.74) is 0. The molecule has 1 aliphatic heterocycles. The molecule has 0 radical (unpaired) electrons. The molecule has 1 aromatic rings. The van der Waals surface area contributed by atoms with Gasteiger partial charge in [-0.2, -0.15) is 0 Å². The van der Waals surface area contributed by atoms with Crippen LogP contribution in [-0.2, 0) is 0 Å². The molecule has 106 valence electrons. The Bertz CT molecular complexity index is 372. The molecule has 0 bridgehead atoms. The lowest BCUT2D eigenvalue weighted by Gasteiger charge is -2.23. The van der Waals surface area contributed by atoms with E-state index >= 15 is 0 Å². The standard InChI is InChI=1S/C15H26N4/c1-3-4-9-18(2)14-12-15(17-13-16-14)19-10-7-5-6-8-11-19/h12-13H,3-11H2,1-2H3. The van der Waals surface area contributed by atoms with Crippen LogP contribution in [0.2, 0.25) is 0 Å². The lowest BCUT2D eigenvalue weighted by atomic mass is 10.2. The number of nitrogens with zero attached hydrogens (tertiary/aromatic N) is 4. The predicted molar refractivity (Wildman–Crippen MR) is 80.9 cm³/mol. The van der Waals surface area contributed by atoms with Gasteiger partial charge >= 0.3 is 0 Å². The van der Waals surface area contributed by atoms with Gasteiger partial charge in [0.05, 0.1) is 0 Å². The van der Waals surface area contributed by atoms with Gasteiger partial charge in [-0.3, -0.25) is 0 Å². The Morgan fingerprint density at radius 3 is 2.58 bits per heavy atom. The number of unbranched alkanes of at least 4 members (excludes halogenated alkanes) is 1. The SMILES string of the molecule is CCCCN(C)c1cc(N2CCCCCC2)ncn1. The third kappa shape index (κ3) is 4.08. The Morgan fingerprint density at radius 1 is 1.16 bits per heavy atom. The van der Waals surface area contributed by atoms with Crippen LogP contribution in [0.1, 0.15) is 45.4 Å². The van der Waals surface area contributed by atoms with Crippen molar-refractivity contribution in [2.24, 2.45) is 0 Å². The Kier molecular flexibility index (Phi) is 5.43. The van der Waals surface area contributed by atoms with E-state index < -0.39 is 0 Å². The van der Waals surface area contributed by atoms with Crippen LogP contribution in [0.15, 0.2) is 12.4 Å². The van der Waals surface area contributed by atoms with Gasteiger partial charge in [0.1, 0.15) is 18.0 Å². The van der Waals surface area contributed by atoms with Crippen molar-refractivity contribution in [2.45, 2.75) is 45.4 Å². The molecule has 0 N–H and O–H groups in total. The molecule has 1 fully saturated rings. The molecule has 0 aliphatic carbocycles. The van der Waals surface area contributed by atoms with Crippen molar-refractivity contribution in [2.75, 3.05) is 36.5 Å². The summed E-state index contributed by atoms with van der Waals surface area (Å²) in [6, 6.07) is 2.14. The van der Waals surface area contributed by atoms with Crippen molar-refractivity contribution in [3.05, 3.63) is 12.4 Å². The fraction of sp³-hybridized carbons (Fsp3) is 0.733. The monoisotopic (exact) mass is 262 g/mol. The molecule has 4 nitrogen and oxygen atoms in total. The van der Waals surface area contributed by atoms with Gasteiger partial charge in [0.25, 0.3) is 0 Å². The van der Waals surface area contributed by atoms with Crippen molar-refractivity contribution in [1.29, 1.82) is 0 Å². The Hall–Kier alpha value is -1.32. The van der Waals surface area contributed by atoms with Crippen molar-refractivity contribution >= 4 is 11.6 Å². The summed E-state index contributed by atoms with van der Waals surface area (Å²) in [4.78, 5) is 13.5. The second kappa shape index (κ2) is 7.31. The summed E-state index contributed by atoms with van der Waals surface area (Å²) in [5.74, 6) is 2.14. The molecule has 0 spiro atoms. The highest BCUT2D eigenvalue weighted by molar-refractivity contribution is 5.49. The van der Waals surface area contributed by atoms with Crippen molar-refractivity contribution in [1.82, 2.24) is 9.97 Å². The molecular formula is C15H26N4. The summed E-state index contributed by atoms with van der Waals surface area (Å²) in [6.45, 7) is 5.55. The van der Waals surface area contributed by atoms with Gasteiger partial charge in [0.2, 0.25) is 0 Å². The lowest BCUT2D eigenvalue weighted by molar-refractivity contribution is 0.726. The van der Waals surface area contributed by atoms with Crippen LogP contribution in [0.3, 0.4) is 0 Å². The molecule has 0 amide bonds. The third-order valence-electron chi connectivity index (χ3n) is 3.81. The molecule has 19 heavy (non-hydrogen) atoms. The number of hydrogen-bond acceptors (Lipinski definition) is 4. The van der Waals surface area contributed by atoms with Crippen LogP contribution in [0.4, 0.5) is 11.6 Å². The summed E-state index contributed by atoms with van der Waals surface area (Å²) in [5, 5.41) is 0. The summed E-state index contributed by atoms with van der Waals surface area (Å²) in [7, 11) is 2.12. The van der Waals surface area contributed by atoms with Gasteiger partial charge in [-0.25, -0.2) is 9.97 Å². The zero-order valence-electron chi connectivity index (χ0n) is 12.3. The Labute approximate surface area is 116 Å². The zero-order chi connectivity index (χ0) is 13.5. The van der Waals surface area contributed by atoms with Gasteiger partial charge in [-0.1, -0.05) is 26.2 Å². The minimum atomic E-state index is 1.04. The minimum Gasteiger partial charge on any atom is -0.360 e. The Balaban J connectivity index is 2.04. The number of rotatable bonds is 5. The molecule has 0 aromatic carbocycles. The first-order valence-electron chi connectivity index (χ1n) is 7.59. The van der Waals surface area contributed by atoms with E-state index in [9.17, 15) is 0 Å². The van der Waals surface area contributed by atoms with E-state index in [1.807, 2.05) is 0 Å². The Morgan fingerprint density at radius 2 is 1.89 bits per heavy atom. The second-order valence-electron chi connectivity index (χ2n) is 5.41. The maximum absolute atomic E-state index is 4.46. The smallest absolute Gasteiger partial charge is 0.134 e. The molecule has 4 heteroatoms. The van der Waals surface area contributed by atoms with E-state index in [0.29, 0.717) is 0 Å². The number of hydrogen-bond donors (Lipinski definition) is 0. The first-order chi connectivity index (χ1) is 9.31. The molecule has 2 heterocycles. The number of aromatic nitrogens is 2. The predicted octanol–water partition coefficient (Wildman–Crippen LogP) is 3.09. The highest BCUT2D eigenvalue weighted by Gasteiger charge is 2.12. The van der Waals surface area contributed by atoms with Crippen LogP contribution < -0.4 is 9.80 Å². The maximum Gasteiger partial charge on any atom is 0.134 e. The second-order valence-corrected chi connectivity index (χ2v) is 5.41. The van der Waals surface area contributed by atoms with Crippen LogP contribution >= 0.6 is 0 Å². The van der Waals surface area contributed by atoms with Gasteiger partial charge in [-0.05, 0) is 19.3 Å². The molecule has 1 aromatic heterocycles. The van der Waals surface area contributed by atoms with Gasteiger partial charge < -0.3 is 9.80 Å². The highest BCUT2D eigenvalue weighted by Crippen LogP contribution is 2.20. The molecule has 0 unspecified atom stereocenters. The molecule has 1 aliphatic rings. The average Bonchev–Trinajstić information content (AvgIpc) is 2.74. The van der Waals surface area contributed by atoms with Crippen LogP contribution in [-0.4, -0.2) is 36.6 Å². The first-order valence-corrected chi connectivity index (χ1v) is 7.59. The zero-order valence-corrected chi connectivity index (χ0v) is 12.3. The molecule has 0 atom stereocenters. The van der Waals surface area contributed by atoms with Crippen LogP contribution in [0.25, 0.3) is 0 Å². The minimum absolute atomic E-state index is 1.04. The van der Waals surface area contributed by atoms with Crippen molar-refractivity contribution in [3.8, 4) is 0 Å². The average molecular weight is 262 g/mol. The topological polar surface area (TPSA) is 32.3 Å². The van der Waals surface area contributed by atoms with E-state index in [1.165, 1.54) is 38.5 Å². The van der Waals surface area contributed by atoms with Crippen LogP contribution in [0.5, 0.6) is 0 Å². The largest absolute Gasteiger partial charge is 0.360 e. The van der Waals surface area contributed by atoms with E-state index in [0.717, 1.165) is 31.3 Å². The summed E-state index contributed by atoms with van der Waals surface area (Å²) >= 11 is 0. The highest BCUT2D eigenvalue weighted by atomic mass is 15.2. The molecular weight excluding hydrogens is 236 g/mol. The fourth-order valence-corrected chi connectivity index (χ4v) is 2.53. The van der Waals surface area contributed by atoms with E-state index in [1.54, 1.807) is 6.33 Å². The fourth-order valence-electron chi connectivity index (χ4n) is 2.53. The van der Waals surface area contributed by atoms with E-state index in [4.69, 9.17) is 0 Å². The summed E-state index contributed by atoms with van der Waals surface area (Å²) < 4.78 is 0. The van der Waals surface area contributed by atoms with Gasteiger partial charge in [0.15, 0.2) is 0 Å². The lowest BCUT2D eigenvalue weighted by Crippen LogP contribution is -2.26. The van der Waals surface area contributed by atoms with Gasteiger partial charge in [-0.15, -0.1) is 0 Å². The molecule has 1 saturated heterocycles. The number of anilines is 2. The normalized spacial score (nSPS) is 16.2. The first kappa shape index (κ1) is 14.1. The molecule has 0 saturated carbocycles. The third-order valence-corrected chi connectivity index (χ3v) is 3.81. The van der Waals surface area contributed by atoms with Crippen molar-refractivity contribution in [3.63, 3.8) is 0 Å². The molecule has 2 rings (SSSR count). The maximum atomic E-state index is 4.46. The van der Waals surface area contributed by atoms with E-state index in [-0.39, 0.29) is 0 Å². The van der Waals surface area contributed by atoms with Crippen LogP contribution in [0, 0.1) is 0 Å².